The summed E-state index contributed by atoms with van der Waals surface area (Å²) in [5.74, 6) is 3.50. The molecular weight excluding hydrogens is 334 g/mol. The van der Waals surface area contributed by atoms with Gasteiger partial charge >= 0.3 is 0 Å². The van der Waals surface area contributed by atoms with E-state index in [1.54, 1.807) is 18.4 Å². The highest BCUT2D eigenvalue weighted by Crippen LogP contribution is 2.33. The van der Waals surface area contributed by atoms with Crippen molar-refractivity contribution in [2.75, 3.05) is 31.7 Å². The highest BCUT2D eigenvalue weighted by Gasteiger charge is 2.26. The minimum absolute atomic E-state index is 0.421. The van der Waals surface area contributed by atoms with E-state index in [9.17, 15) is 0 Å². The fourth-order valence-electron chi connectivity index (χ4n) is 3.62. The van der Waals surface area contributed by atoms with Gasteiger partial charge in [0.25, 0.3) is 0 Å². The average Bonchev–Trinajstić information content (AvgIpc) is 3.28. The third-order valence-corrected chi connectivity index (χ3v) is 5.59. The van der Waals surface area contributed by atoms with E-state index in [2.05, 4.69) is 37.1 Å². The summed E-state index contributed by atoms with van der Waals surface area (Å²) in [7, 11) is 1.74. The molecule has 0 bridgehead atoms. The van der Waals surface area contributed by atoms with Crippen LogP contribution in [0.15, 0.2) is 23.8 Å². The van der Waals surface area contributed by atoms with Crippen LogP contribution in [0.1, 0.15) is 30.4 Å². The zero-order valence-corrected chi connectivity index (χ0v) is 15.5. The minimum Gasteiger partial charge on any atom is -0.383 e. The molecule has 0 aromatic carbocycles. The zero-order valence-electron chi connectivity index (χ0n) is 14.7. The van der Waals surface area contributed by atoms with Gasteiger partial charge in [-0.15, -0.1) is 11.3 Å². The van der Waals surface area contributed by atoms with Gasteiger partial charge in [-0.05, 0) is 31.2 Å². The van der Waals surface area contributed by atoms with Crippen molar-refractivity contribution in [3.05, 3.63) is 35.5 Å². The van der Waals surface area contributed by atoms with Crippen LogP contribution in [0, 0.1) is 6.92 Å². The Hall–Kier alpha value is -1.99. The number of thiophene rings is 1. The van der Waals surface area contributed by atoms with E-state index in [4.69, 9.17) is 9.72 Å². The van der Waals surface area contributed by atoms with Gasteiger partial charge in [0.15, 0.2) is 0 Å². The first kappa shape index (κ1) is 16.5. The van der Waals surface area contributed by atoms with Crippen LogP contribution in [0.4, 0.5) is 5.82 Å². The molecule has 4 rings (SSSR count). The first-order valence-electron chi connectivity index (χ1n) is 8.73. The molecule has 1 saturated heterocycles. The molecule has 132 valence electrons. The summed E-state index contributed by atoms with van der Waals surface area (Å²) in [6, 6.07) is 2.14. The van der Waals surface area contributed by atoms with Crippen LogP contribution in [-0.2, 0) is 11.3 Å². The van der Waals surface area contributed by atoms with Gasteiger partial charge in [0.1, 0.15) is 22.3 Å². The van der Waals surface area contributed by atoms with Crippen molar-refractivity contribution < 1.29 is 4.74 Å². The number of aromatic nitrogens is 4. The Labute approximate surface area is 151 Å². The number of piperidine rings is 1. The second-order valence-corrected chi connectivity index (χ2v) is 7.39. The number of aryl methyl sites for hydroxylation is 1. The van der Waals surface area contributed by atoms with Crippen molar-refractivity contribution in [2.24, 2.45) is 0 Å². The quantitative estimate of drug-likeness (QED) is 0.702. The summed E-state index contributed by atoms with van der Waals surface area (Å²) >= 11 is 1.68. The van der Waals surface area contributed by atoms with Gasteiger partial charge < -0.3 is 14.2 Å². The monoisotopic (exact) mass is 357 g/mol. The van der Waals surface area contributed by atoms with Crippen molar-refractivity contribution in [2.45, 2.75) is 32.2 Å². The van der Waals surface area contributed by atoms with Crippen molar-refractivity contribution >= 4 is 27.4 Å². The third kappa shape index (κ3) is 3.26. The highest BCUT2D eigenvalue weighted by atomic mass is 32.1. The van der Waals surface area contributed by atoms with Crippen LogP contribution in [-0.4, -0.2) is 46.3 Å². The fraction of sp³-hybridized carbons (Fsp3) is 0.500. The van der Waals surface area contributed by atoms with E-state index in [1.165, 1.54) is 5.39 Å². The molecular formula is C18H23N5OS. The van der Waals surface area contributed by atoms with Gasteiger partial charge in [-0.25, -0.2) is 15.0 Å². The number of fused-ring (bicyclic) bond motifs is 1. The summed E-state index contributed by atoms with van der Waals surface area (Å²) < 4.78 is 7.45. The molecule has 1 atom stereocenters. The average molecular weight is 357 g/mol. The molecule has 7 heteroatoms. The molecule has 6 nitrogen and oxygen atoms in total. The lowest BCUT2D eigenvalue weighted by molar-refractivity contribution is 0.185. The van der Waals surface area contributed by atoms with Crippen LogP contribution in [0.3, 0.4) is 0 Å². The summed E-state index contributed by atoms with van der Waals surface area (Å²) in [5.41, 5.74) is 0. The second-order valence-electron chi connectivity index (χ2n) is 6.49. The second kappa shape index (κ2) is 7.09. The third-order valence-electron chi connectivity index (χ3n) is 4.79. The molecule has 0 spiro atoms. The molecule has 1 unspecified atom stereocenters. The number of rotatable bonds is 5. The van der Waals surface area contributed by atoms with Gasteiger partial charge in [0, 0.05) is 45.1 Å². The van der Waals surface area contributed by atoms with Crippen molar-refractivity contribution in [1.82, 2.24) is 19.5 Å². The molecule has 3 aromatic heterocycles. The first-order valence-corrected chi connectivity index (χ1v) is 9.61. The summed E-state index contributed by atoms with van der Waals surface area (Å²) in [6.07, 6.45) is 6.27. The van der Waals surface area contributed by atoms with Gasteiger partial charge in [0.2, 0.25) is 0 Å². The molecule has 25 heavy (non-hydrogen) atoms. The van der Waals surface area contributed by atoms with Crippen LogP contribution in [0.5, 0.6) is 0 Å². The molecule has 1 fully saturated rings. The van der Waals surface area contributed by atoms with Crippen LogP contribution in [0.25, 0.3) is 10.2 Å². The Kier molecular flexibility index (Phi) is 4.67. The Balaban J connectivity index is 1.61. The fourth-order valence-corrected chi connectivity index (χ4v) is 4.43. The Morgan fingerprint density at radius 3 is 3.16 bits per heavy atom. The number of hydrogen-bond acceptors (Lipinski definition) is 6. The van der Waals surface area contributed by atoms with Crippen LogP contribution >= 0.6 is 11.3 Å². The normalized spacial score (nSPS) is 18.2. The molecule has 4 heterocycles. The number of hydrogen-bond donors (Lipinski definition) is 0. The predicted octanol–water partition coefficient (Wildman–Crippen LogP) is 3.23. The molecule has 0 aliphatic carbocycles. The maximum absolute atomic E-state index is 5.23. The standard InChI is InChI=1S/C18H23N5OS/c1-13-20-17(15-5-11-25-18(15)21-13)23-7-3-4-14(12-23)16-19-6-8-22(16)9-10-24-2/h5-6,8,11,14H,3-4,7,9-10,12H2,1-2H3. The van der Waals surface area contributed by atoms with Crippen molar-refractivity contribution in [1.29, 1.82) is 0 Å². The minimum atomic E-state index is 0.421. The maximum Gasteiger partial charge on any atom is 0.141 e. The van der Waals surface area contributed by atoms with Gasteiger partial charge in [-0.1, -0.05) is 0 Å². The molecule has 0 amide bonds. The predicted molar refractivity (Wildman–Crippen MR) is 100 cm³/mol. The summed E-state index contributed by atoms with van der Waals surface area (Å²) in [5, 5.41) is 3.26. The molecule has 1 aliphatic rings. The van der Waals surface area contributed by atoms with E-state index in [1.807, 2.05) is 13.1 Å². The molecule has 3 aromatic rings. The summed E-state index contributed by atoms with van der Waals surface area (Å²) in [4.78, 5) is 17.4. The smallest absolute Gasteiger partial charge is 0.141 e. The van der Waals surface area contributed by atoms with E-state index in [-0.39, 0.29) is 0 Å². The Morgan fingerprint density at radius 2 is 2.28 bits per heavy atom. The number of nitrogens with zero attached hydrogens (tertiary/aromatic N) is 5. The lowest BCUT2D eigenvalue weighted by Gasteiger charge is -2.34. The zero-order chi connectivity index (χ0) is 17.2. The SMILES string of the molecule is COCCn1ccnc1C1CCCN(c2nc(C)nc3sccc23)C1. The number of ether oxygens (including phenoxy) is 1. The number of imidazole rings is 1. The van der Waals surface area contributed by atoms with Gasteiger partial charge in [0.05, 0.1) is 12.0 Å². The van der Waals surface area contributed by atoms with E-state index < -0.39 is 0 Å². The van der Waals surface area contributed by atoms with Crippen LogP contribution < -0.4 is 4.90 Å². The molecule has 0 radical (unpaired) electrons. The lowest BCUT2D eigenvalue weighted by atomic mass is 9.97. The highest BCUT2D eigenvalue weighted by molar-refractivity contribution is 7.16. The topological polar surface area (TPSA) is 56.1 Å². The van der Waals surface area contributed by atoms with Gasteiger partial charge in [-0.3, -0.25) is 0 Å². The summed E-state index contributed by atoms with van der Waals surface area (Å²) in [6.45, 7) is 5.52. The maximum atomic E-state index is 5.23. The first-order chi connectivity index (χ1) is 12.3. The number of methoxy groups -OCH3 is 1. The van der Waals surface area contributed by atoms with Gasteiger partial charge in [-0.2, -0.15) is 0 Å². The molecule has 0 N–H and O–H groups in total. The Bertz CT molecular complexity index is 858. The van der Waals surface area contributed by atoms with E-state index in [0.29, 0.717) is 12.5 Å². The van der Waals surface area contributed by atoms with Crippen molar-refractivity contribution in [3.63, 3.8) is 0 Å². The van der Waals surface area contributed by atoms with E-state index >= 15 is 0 Å². The Morgan fingerprint density at radius 1 is 1.36 bits per heavy atom. The lowest BCUT2D eigenvalue weighted by Crippen LogP contribution is -2.36. The number of anilines is 1. The largest absolute Gasteiger partial charge is 0.383 e. The van der Waals surface area contributed by atoms with Crippen molar-refractivity contribution in [3.8, 4) is 0 Å². The molecule has 0 saturated carbocycles. The molecule has 1 aliphatic heterocycles. The van der Waals surface area contributed by atoms with E-state index in [0.717, 1.165) is 54.8 Å². The van der Waals surface area contributed by atoms with Crippen LogP contribution in [0.2, 0.25) is 0 Å².